The molecule has 6 heteroatoms. The zero-order valence-corrected chi connectivity index (χ0v) is 15.3. The topological polar surface area (TPSA) is 45.5 Å². The average Bonchev–Trinajstić information content (AvgIpc) is 2.89. The van der Waals surface area contributed by atoms with Crippen molar-refractivity contribution in [3.63, 3.8) is 0 Å². The highest BCUT2D eigenvalue weighted by Crippen LogP contribution is 2.37. The first kappa shape index (κ1) is 17.1. The molecule has 3 rings (SSSR count). The van der Waals surface area contributed by atoms with E-state index in [0.29, 0.717) is 12.5 Å². The van der Waals surface area contributed by atoms with Gasteiger partial charge in [0.25, 0.3) is 0 Å². The summed E-state index contributed by atoms with van der Waals surface area (Å²) in [6.45, 7) is 10.6. The van der Waals surface area contributed by atoms with Crippen molar-refractivity contribution in [3.05, 3.63) is 41.6 Å². The molecule has 0 spiro atoms. The van der Waals surface area contributed by atoms with Crippen molar-refractivity contribution in [2.24, 2.45) is 7.05 Å². The molecule has 0 bridgehead atoms. The van der Waals surface area contributed by atoms with Crippen molar-refractivity contribution >= 4 is 12.6 Å². The normalized spacial score (nSPS) is 18.8. The zero-order chi connectivity index (χ0) is 17.5. The summed E-state index contributed by atoms with van der Waals surface area (Å²) in [6, 6.07) is 10.1. The van der Waals surface area contributed by atoms with E-state index in [2.05, 4.69) is 5.10 Å². The van der Waals surface area contributed by atoms with Crippen LogP contribution in [0, 0.1) is 6.92 Å². The molecule has 0 amide bonds. The maximum atomic E-state index is 6.18. The van der Waals surface area contributed by atoms with Crippen molar-refractivity contribution in [2.75, 3.05) is 0 Å². The SMILES string of the molecule is Cc1nn(C)c(OCc2ccccc2)c1B1OC(C)(C)C(C)(C)O1. The maximum Gasteiger partial charge on any atom is 0.502 e. The second-order valence-corrected chi connectivity index (χ2v) is 7.29. The lowest BCUT2D eigenvalue weighted by Gasteiger charge is -2.32. The van der Waals surface area contributed by atoms with Gasteiger partial charge in [-0.3, -0.25) is 0 Å². The van der Waals surface area contributed by atoms with Crippen LogP contribution < -0.4 is 10.2 Å². The molecule has 0 atom stereocenters. The van der Waals surface area contributed by atoms with Crippen molar-refractivity contribution in [1.29, 1.82) is 0 Å². The highest BCUT2D eigenvalue weighted by Gasteiger charge is 2.53. The van der Waals surface area contributed by atoms with Crippen LogP contribution in [-0.2, 0) is 23.0 Å². The van der Waals surface area contributed by atoms with E-state index >= 15 is 0 Å². The minimum absolute atomic E-state index is 0.392. The fraction of sp³-hybridized carbons (Fsp3) is 0.500. The first-order valence-electron chi connectivity index (χ1n) is 8.27. The lowest BCUT2D eigenvalue weighted by molar-refractivity contribution is 0.00578. The molecular weight excluding hydrogens is 303 g/mol. The van der Waals surface area contributed by atoms with Crippen LogP contribution in [0.1, 0.15) is 39.0 Å². The van der Waals surface area contributed by atoms with E-state index in [0.717, 1.165) is 16.7 Å². The van der Waals surface area contributed by atoms with Crippen LogP contribution in [0.5, 0.6) is 5.88 Å². The van der Waals surface area contributed by atoms with E-state index in [1.165, 1.54) is 0 Å². The van der Waals surface area contributed by atoms with Crippen molar-refractivity contribution in [3.8, 4) is 5.88 Å². The van der Waals surface area contributed by atoms with E-state index < -0.39 is 18.3 Å². The summed E-state index contributed by atoms with van der Waals surface area (Å²) in [6.07, 6.45) is 0. The number of hydrogen-bond donors (Lipinski definition) is 0. The highest BCUT2D eigenvalue weighted by molar-refractivity contribution is 6.63. The average molecular weight is 328 g/mol. The molecule has 1 aliphatic heterocycles. The molecule has 1 aliphatic rings. The smallest absolute Gasteiger partial charge is 0.473 e. The number of aromatic nitrogens is 2. The third-order valence-electron chi connectivity index (χ3n) is 4.92. The van der Waals surface area contributed by atoms with Gasteiger partial charge in [0, 0.05) is 7.05 Å². The first-order valence-corrected chi connectivity index (χ1v) is 8.27. The molecule has 1 aromatic carbocycles. The van der Waals surface area contributed by atoms with Gasteiger partial charge in [-0.2, -0.15) is 5.10 Å². The van der Waals surface area contributed by atoms with E-state index in [4.69, 9.17) is 14.0 Å². The predicted octanol–water partition coefficient (Wildman–Crippen LogP) is 2.61. The molecule has 1 saturated heterocycles. The molecule has 2 aromatic rings. The molecule has 2 heterocycles. The van der Waals surface area contributed by atoms with E-state index in [9.17, 15) is 0 Å². The van der Waals surface area contributed by atoms with Crippen LogP contribution >= 0.6 is 0 Å². The summed E-state index contributed by atoms with van der Waals surface area (Å²) < 4.78 is 20.2. The van der Waals surface area contributed by atoms with Gasteiger partial charge in [0.15, 0.2) is 0 Å². The van der Waals surface area contributed by atoms with E-state index in [1.807, 2.05) is 72.0 Å². The van der Waals surface area contributed by atoms with Crippen molar-refractivity contribution in [1.82, 2.24) is 9.78 Å². The van der Waals surface area contributed by atoms with Crippen LogP contribution in [0.25, 0.3) is 0 Å². The summed E-state index contributed by atoms with van der Waals surface area (Å²) in [7, 11) is 1.40. The molecule has 0 unspecified atom stereocenters. The Labute approximate surface area is 144 Å². The Morgan fingerprint density at radius 3 is 2.25 bits per heavy atom. The van der Waals surface area contributed by atoms with Crippen LogP contribution in [-0.4, -0.2) is 28.1 Å². The fourth-order valence-electron chi connectivity index (χ4n) is 2.78. The molecule has 1 aromatic heterocycles. The van der Waals surface area contributed by atoms with Gasteiger partial charge in [-0.05, 0) is 40.2 Å². The molecule has 5 nitrogen and oxygen atoms in total. The van der Waals surface area contributed by atoms with Crippen LogP contribution in [0.15, 0.2) is 30.3 Å². The largest absolute Gasteiger partial charge is 0.502 e. The number of hydrogen-bond acceptors (Lipinski definition) is 4. The quantitative estimate of drug-likeness (QED) is 0.810. The van der Waals surface area contributed by atoms with Gasteiger partial charge >= 0.3 is 7.12 Å². The second kappa shape index (κ2) is 5.94. The summed E-state index contributed by atoms with van der Waals surface area (Å²) >= 11 is 0. The third kappa shape index (κ3) is 2.96. The number of aryl methyl sites for hydroxylation is 2. The molecule has 0 saturated carbocycles. The lowest BCUT2D eigenvalue weighted by Crippen LogP contribution is -2.41. The molecule has 24 heavy (non-hydrogen) atoms. The fourth-order valence-corrected chi connectivity index (χ4v) is 2.78. The summed E-state index contributed by atoms with van der Waals surface area (Å²) in [5.41, 5.74) is 2.05. The van der Waals surface area contributed by atoms with Gasteiger partial charge in [-0.1, -0.05) is 30.3 Å². The van der Waals surface area contributed by atoms with Crippen molar-refractivity contribution < 1.29 is 14.0 Å². The molecule has 128 valence electrons. The zero-order valence-electron chi connectivity index (χ0n) is 15.3. The van der Waals surface area contributed by atoms with Crippen LogP contribution in [0.2, 0.25) is 0 Å². The summed E-state index contributed by atoms with van der Waals surface area (Å²) in [5, 5.41) is 4.50. The molecule has 1 fully saturated rings. The second-order valence-electron chi connectivity index (χ2n) is 7.29. The highest BCUT2D eigenvalue weighted by atomic mass is 16.7. The number of benzene rings is 1. The lowest BCUT2D eigenvalue weighted by atomic mass is 9.79. The molecule has 0 aliphatic carbocycles. The van der Waals surface area contributed by atoms with E-state index in [-0.39, 0.29) is 0 Å². The number of rotatable bonds is 4. The molecular formula is C18H25BN2O3. The van der Waals surface area contributed by atoms with Gasteiger partial charge in [0.2, 0.25) is 5.88 Å². The standard InChI is InChI=1S/C18H25BN2O3/c1-13-15(19-23-17(2,3)18(4,5)24-19)16(21(6)20-13)22-12-14-10-8-7-9-11-14/h7-11H,12H2,1-6H3. The minimum Gasteiger partial charge on any atom is -0.473 e. The van der Waals surface area contributed by atoms with Gasteiger partial charge in [-0.15, -0.1) is 0 Å². The molecule has 0 radical (unpaired) electrons. The van der Waals surface area contributed by atoms with Crippen molar-refractivity contribution in [2.45, 2.75) is 52.4 Å². The summed E-state index contributed by atoms with van der Waals surface area (Å²) in [5.74, 6) is 0.690. The first-order chi connectivity index (χ1) is 11.2. The van der Waals surface area contributed by atoms with Gasteiger partial charge in [-0.25, -0.2) is 4.68 Å². The van der Waals surface area contributed by atoms with Gasteiger partial charge < -0.3 is 14.0 Å². The van der Waals surface area contributed by atoms with Crippen LogP contribution in [0.3, 0.4) is 0 Å². The Balaban J connectivity index is 1.87. The van der Waals surface area contributed by atoms with E-state index in [1.54, 1.807) is 4.68 Å². The van der Waals surface area contributed by atoms with Gasteiger partial charge in [0.1, 0.15) is 6.61 Å². The summed E-state index contributed by atoms with van der Waals surface area (Å²) in [4.78, 5) is 0. The maximum absolute atomic E-state index is 6.18. The third-order valence-corrected chi connectivity index (χ3v) is 4.92. The predicted molar refractivity (Wildman–Crippen MR) is 94.4 cm³/mol. The molecule has 0 N–H and O–H groups in total. The van der Waals surface area contributed by atoms with Crippen LogP contribution in [0.4, 0.5) is 0 Å². The minimum atomic E-state index is -0.477. The number of ether oxygens (including phenoxy) is 1. The Morgan fingerprint density at radius 1 is 1.08 bits per heavy atom. The number of nitrogens with zero attached hydrogens (tertiary/aromatic N) is 2. The Kier molecular flexibility index (Phi) is 4.22. The monoisotopic (exact) mass is 328 g/mol. The van der Waals surface area contributed by atoms with Gasteiger partial charge in [0.05, 0.1) is 22.4 Å². The Morgan fingerprint density at radius 2 is 1.67 bits per heavy atom. The Hall–Kier alpha value is -1.79. The Bertz CT molecular complexity index is 709.